The first-order valence-corrected chi connectivity index (χ1v) is 11.4. The molecule has 2 N–H and O–H groups in total. The molecule has 0 aliphatic rings. The number of anilines is 1. The molecule has 0 radical (unpaired) electrons. The number of benzene rings is 1. The van der Waals surface area contributed by atoms with Crippen molar-refractivity contribution < 1.29 is 13.2 Å². The lowest BCUT2D eigenvalue weighted by molar-refractivity contribution is 0.102. The van der Waals surface area contributed by atoms with Crippen LogP contribution in [0.2, 0.25) is 5.02 Å². The van der Waals surface area contributed by atoms with Crippen molar-refractivity contribution in [2.45, 2.75) is 43.9 Å². The predicted molar refractivity (Wildman–Crippen MR) is 108 cm³/mol. The number of amides is 1. The summed E-state index contributed by atoms with van der Waals surface area (Å²) < 4.78 is 27.2. The minimum absolute atomic E-state index is 0.0957. The van der Waals surface area contributed by atoms with E-state index < -0.39 is 15.9 Å². The van der Waals surface area contributed by atoms with Gasteiger partial charge in [0.1, 0.15) is 0 Å². The SMILES string of the molecule is CCCCC(CC)CNS(=O)(=O)c1nnc(NC(=O)c2ccccc2Cl)s1. The molecule has 0 aliphatic carbocycles. The number of carbonyl (C=O) groups is 1. The van der Waals surface area contributed by atoms with Gasteiger partial charge >= 0.3 is 0 Å². The minimum Gasteiger partial charge on any atom is -0.296 e. The fourth-order valence-corrected chi connectivity index (χ4v) is 4.68. The summed E-state index contributed by atoms with van der Waals surface area (Å²) in [6.45, 7) is 4.51. The van der Waals surface area contributed by atoms with Gasteiger partial charge in [-0.25, -0.2) is 13.1 Å². The summed E-state index contributed by atoms with van der Waals surface area (Å²) in [5, 5.41) is 10.4. The second kappa shape index (κ2) is 10.1. The summed E-state index contributed by atoms with van der Waals surface area (Å²) in [5.74, 6) is -0.189. The van der Waals surface area contributed by atoms with E-state index in [9.17, 15) is 13.2 Å². The Kier molecular flexibility index (Phi) is 8.15. The zero-order valence-electron chi connectivity index (χ0n) is 15.2. The van der Waals surface area contributed by atoms with Crippen molar-refractivity contribution in [1.82, 2.24) is 14.9 Å². The standard InChI is InChI=1S/C17H23ClN4O3S2/c1-3-5-8-12(4-2)11-19-27(24,25)17-22-21-16(26-17)20-15(23)13-9-6-7-10-14(13)18/h6-7,9-10,12,19H,3-5,8,11H2,1-2H3,(H,20,21,23). The van der Waals surface area contributed by atoms with Crippen molar-refractivity contribution in [1.29, 1.82) is 0 Å². The van der Waals surface area contributed by atoms with Crippen LogP contribution in [0.1, 0.15) is 49.9 Å². The maximum Gasteiger partial charge on any atom is 0.269 e. The molecule has 1 heterocycles. The third-order valence-electron chi connectivity index (χ3n) is 4.08. The Bertz CT molecular complexity index is 871. The number of aromatic nitrogens is 2. The van der Waals surface area contributed by atoms with E-state index in [1.54, 1.807) is 24.3 Å². The van der Waals surface area contributed by atoms with Crippen molar-refractivity contribution in [3.05, 3.63) is 34.9 Å². The molecular formula is C17H23ClN4O3S2. The van der Waals surface area contributed by atoms with E-state index in [0.717, 1.165) is 37.0 Å². The summed E-state index contributed by atoms with van der Waals surface area (Å²) in [5.41, 5.74) is 0.276. The molecule has 7 nitrogen and oxygen atoms in total. The van der Waals surface area contributed by atoms with Crippen molar-refractivity contribution in [2.75, 3.05) is 11.9 Å². The number of unbranched alkanes of at least 4 members (excludes halogenated alkanes) is 1. The molecule has 1 aromatic carbocycles. The molecule has 0 aliphatic heterocycles. The molecule has 27 heavy (non-hydrogen) atoms. The molecule has 1 atom stereocenters. The Hall–Kier alpha value is -1.55. The third-order valence-corrected chi connectivity index (χ3v) is 7.04. The highest BCUT2D eigenvalue weighted by molar-refractivity contribution is 7.91. The Morgan fingerprint density at radius 3 is 2.67 bits per heavy atom. The van der Waals surface area contributed by atoms with Crippen molar-refractivity contribution in [3.63, 3.8) is 0 Å². The van der Waals surface area contributed by atoms with Crippen LogP contribution in [-0.2, 0) is 10.0 Å². The van der Waals surface area contributed by atoms with Crippen LogP contribution in [0.15, 0.2) is 28.6 Å². The van der Waals surface area contributed by atoms with Gasteiger partial charge in [0.15, 0.2) is 0 Å². The summed E-state index contributed by atoms with van der Waals surface area (Å²) in [6, 6.07) is 6.56. The van der Waals surface area contributed by atoms with E-state index >= 15 is 0 Å². The van der Waals surface area contributed by atoms with Crippen LogP contribution in [0.4, 0.5) is 5.13 Å². The van der Waals surface area contributed by atoms with Crippen LogP contribution in [0, 0.1) is 5.92 Å². The molecule has 0 bridgehead atoms. The number of nitrogens with zero attached hydrogens (tertiary/aromatic N) is 2. The van der Waals surface area contributed by atoms with Crippen LogP contribution >= 0.6 is 22.9 Å². The van der Waals surface area contributed by atoms with Gasteiger partial charge in [-0.05, 0) is 24.5 Å². The topological polar surface area (TPSA) is 101 Å². The van der Waals surface area contributed by atoms with E-state index in [1.165, 1.54) is 0 Å². The average Bonchev–Trinajstić information content (AvgIpc) is 3.11. The Labute approximate surface area is 168 Å². The van der Waals surface area contributed by atoms with E-state index in [2.05, 4.69) is 27.2 Å². The van der Waals surface area contributed by atoms with Gasteiger partial charge in [-0.1, -0.05) is 68.2 Å². The number of sulfonamides is 1. The molecule has 148 valence electrons. The fourth-order valence-electron chi connectivity index (χ4n) is 2.41. The van der Waals surface area contributed by atoms with Crippen LogP contribution in [0.5, 0.6) is 0 Å². The number of hydrogen-bond acceptors (Lipinski definition) is 6. The molecule has 1 amide bonds. The zero-order chi connectivity index (χ0) is 19.9. The normalized spacial score (nSPS) is 12.7. The second-order valence-electron chi connectivity index (χ2n) is 6.08. The molecule has 1 aromatic heterocycles. The van der Waals surface area contributed by atoms with E-state index in [4.69, 9.17) is 11.6 Å². The Morgan fingerprint density at radius 1 is 1.26 bits per heavy atom. The van der Waals surface area contributed by atoms with Crippen LogP contribution in [0.25, 0.3) is 0 Å². The Balaban J connectivity index is 2.01. The summed E-state index contributed by atoms with van der Waals surface area (Å²) in [4.78, 5) is 12.2. The number of halogens is 1. The van der Waals surface area contributed by atoms with Crippen molar-refractivity contribution in [2.24, 2.45) is 5.92 Å². The zero-order valence-corrected chi connectivity index (χ0v) is 17.6. The van der Waals surface area contributed by atoms with Crippen molar-refractivity contribution >= 4 is 44.0 Å². The lowest BCUT2D eigenvalue weighted by Gasteiger charge is -2.14. The lowest BCUT2D eigenvalue weighted by atomic mass is 10.00. The van der Waals surface area contributed by atoms with Gasteiger partial charge in [-0.15, -0.1) is 10.2 Å². The molecular weight excluding hydrogens is 408 g/mol. The molecule has 0 spiro atoms. The van der Waals surface area contributed by atoms with Gasteiger partial charge in [-0.3, -0.25) is 10.1 Å². The first kappa shape index (κ1) is 21.7. The van der Waals surface area contributed by atoms with Crippen LogP contribution < -0.4 is 10.0 Å². The average molecular weight is 431 g/mol. The third kappa shape index (κ3) is 6.24. The van der Waals surface area contributed by atoms with E-state index in [1.807, 2.05) is 6.92 Å². The number of rotatable bonds is 10. The molecule has 1 unspecified atom stereocenters. The smallest absolute Gasteiger partial charge is 0.269 e. The van der Waals surface area contributed by atoms with Gasteiger partial charge in [-0.2, -0.15) is 0 Å². The molecule has 0 saturated carbocycles. The molecule has 2 rings (SSSR count). The van der Waals surface area contributed by atoms with Gasteiger partial charge in [0, 0.05) is 6.54 Å². The quantitative estimate of drug-likeness (QED) is 0.556. The Morgan fingerprint density at radius 2 is 2.00 bits per heavy atom. The number of nitrogens with one attached hydrogen (secondary N) is 2. The van der Waals surface area contributed by atoms with Crippen LogP contribution in [-0.4, -0.2) is 31.1 Å². The summed E-state index contributed by atoms with van der Waals surface area (Å²) in [6.07, 6.45) is 4.02. The fraction of sp³-hybridized carbons (Fsp3) is 0.471. The molecule has 0 saturated heterocycles. The van der Waals surface area contributed by atoms with E-state index in [0.29, 0.717) is 11.6 Å². The first-order valence-electron chi connectivity index (χ1n) is 8.76. The first-order chi connectivity index (χ1) is 12.9. The van der Waals surface area contributed by atoms with Gasteiger partial charge in [0.2, 0.25) is 9.47 Å². The van der Waals surface area contributed by atoms with Crippen LogP contribution in [0.3, 0.4) is 0 Å². The largest absolute Gasteiger partial charge is 0.296 e. The molecule has 2 aromatic rings. The van der Waals surface area contributed by atoms with Crippen molar-refractivity contribution in [3.8, 4) is 0 Å². The van der Waals surface area contributed by atoms with Gasteiger partial charge < -0.3 is 0 Å². The summed E-state index contributed by atoms with van der Waals surface area (Å²) >= 11 is 6.78. The lowest BCUT2D eigenvalue weighted by Crippen LogP contribution is -2.29. The number of hydrogen-bond donors (Lipinski definition) is 2. The second-order valence-corrected chi connectivity index (χ2v) is 9.40. The maximum absolute atomic E-state index is 12.4. The highest BCUT2D eigenvalue weighted by atomic mass is 35.5. The molecule has 10 heteroatoms. The maximum atomic E-state index is 12.4. The summed E-state index contributed by atoms with van der Waals surface area (Å²) in [7, 11) is -3.76. The molecule has 0 fully saturated rings. The highest BCUT2D eigenvalue weighted by Crippen LogP contribution is 2.22. The minimum atomic E-state index is -3.76. The monoisotopic (exact) mass is 430 g/mol. The predicted octanol–water partition coefficient (Wildman–Crippen LogP) is 3.94. The van der Waals surface area contributed by atoms with E-state index in [-0.39, 0.29) is 21.0 Å². The van der Waals surface area contributed by atoms with Gasteiger partial charge in [0.05, 0.1) is 10.6 Å². The number of carbonyl (C=O) groups excluding carboxylic acids is 1. The van der Waals surface area contributed by atoms with Gasteiger partial charge in [0.25, 0.3) is 15.9 Å². The highest BCUT2D eigenvalue weighted by Gasteiger charge is 2.22.